The van der Waals surface area contributed by atoms with Gasteiger partial charge in [-0.25, -0.2) is 0 Å². The molecule has 110 valence electrons. The molecule has 2 heterocycles. The second kappa shape index (κ2) is 5.83. The second-order valence-electron chi connectivity index (χ2n) is 5.35. The number of rotatable bonds is 2. The number of likely N-dealkylation sites (tertiary alicyclic amines) is 1. The predicted octanol–water partition coefficient (Wildman–Crippen LogP) is 1.97. The molecule has 0 bridgehead atoms. The molecular formula is C14H21N3O2S. The first-order valence-electron chi connectivity index (χ1n) is 6.83. The SMILES string of the molecule is Cc1c(C(=O)N(C)C)sc(N)c1C(=O)N1CCCCC1. The molecule has 1 aliphatic rings. The molecule has 0 unspecified atom stereocenters. The summed E-state index contributed by atoms with van der Waals surface area (Å²) in [5, 5.41) is 0.447. The second-order valence-corrected chi connectivity index (χ2v) is 6.40. The third-order valence-electron chi connectivity index (χ3n) is 3.63. The topological polar surface area (TPSA) is 66.6 Å². The fraction of sp³-hybridized carbons (Fsp3) is 0.571. The van der Waals surface area contributed by atoms with Gasteiger partial charge in [0.05, 0.1) is 15.4 Å². The molecule has 1 aromatic heterocycles. The molecule has 0 saturated carbocycles. The van der Waals surface area contributed by atoms with Gasteiger partial charge in [0.1, 0.15) is 0 Å². The highest BCUT2D eigenvalue weighted by Crippen LogP contribution is 2.32. The van der Waals surface area contributed by atoms with Crippen LogP contribution in [0.3, 0.4) is 0 Å². The number of nitrogens with two attached hydrogens (primary N) is 1. The Labute approximate surface area is 123 Å². The van der Waals surface area contributed by atoms with Gasteiger partial charge < -0.3 is 15.5 Å². The zero-order valence-electron chi connectivity index (χ0n) is 12.2. The van der Waals surface area contributed by atoms with Gasteiger partial charge in [0, 0.05) is 27.2 Å². The van der Waals surface area contributed by atoms with Crippen LogP contribution in [0.5, 0.6) is 0 Å². The van der Waals surface area contributed by atoms with Gasteiger partial charge in [-0.1, -0.05) is 0 Å². The van der Waals surface area contributed by atoms with Gasteiger partial charge in [0.25, 0.3) is 11.8 Å². The maximum Gasteiger partial charge on any atom is 0.263 e. The first kappa shape index (κ1) is 14.8. The lowest BCUT2D eigenvalue weighted by atomic mass is 10.1. The van der Waals surface area contributed by atoms with Crippen molar-refractivity contribution in [3.05, 3.63) is 16.0 Å². The van der Waals surface area contributed by atoms with E-state index in [1.54, 1.807) is 21.0 Å². The number of nitrogen functional groups attached to an aromatic ring is 1. The smallest absolute Gasteiger partial charge is 0.263 e. The number of carbonyl (C=O) groups excluding carboxylic acids is 2. The van der Waals surface area contributed by atoms with Crippen LogP contribution in [-0.2, 0) is 0 Å². The summed E-state index contributed by atoms with van der Waals surface area (Å²) in [5.74, 6) is -0.134. The Kier molecular flexibility index (Phi) is 4.32. The lowest BCUT2D eigenvalue weighted by molar-refractivity contribution is 0.0725. The number of piperidine rings is 1. The van der Waals surface area contributed by atoms with Crippen molar-refractivity contribution in [2.75, 3.05) is 32.9 Å². The first-order valence-corrected chi connectivity index (χ1v) is 7.65. The molecule has 0 radical (unpaired) electrons. The van der Waals surface area contributed by atoms with Gasteiger partial charge in [0.2, 0.25) is 0 Å². The third-order valence-corrected chi connectivity index (χ3v) is 4.74. The number of amides is 2. The molecule has 0 atom stereocenters. The Balaban J connectivity index is 2.32. The average molecular weight is 295 g/mol. The summed E-state index contributed by atoms with van der Waals surface area (Å²) in [7, 11) is 3.40. The molecule has 1 aliphatic heterocycles. The number of hydrogen-bond acceptors (Lipinski definition) is 4. The van der Waals surface area contributed by atoms with Crippen LogP contribution in [0.15, 0.2) is 0 Å². The van der Waals surface area contributed by atoms with Gasteiger partial charge in [-0.2, -0.15) is 0 Å². The van der Waals surface area contributed by atoms with Gasteiger partial charge in [-0.05, 0) is 31.7 Å². The van der Waals surface area contributed by atoms with Crippen molar-refractivity contribution in [1.29, 1.82) is 0 Å². The normalized spacial score (nSPS) is 15.2. The summed E-state index contributed by atoms with van der Waals surface area (Å²) < 4.78 is 0. The van der Waals surface area contributed by atoms with Crippen molar-refractivity contribution in [3.8, 4) is 0 Å². The molecule has 2 N–H and O–H groups in total. The molecule has 5 nitrogen and oxygen atoms in total. The summed E-state index contributed by atoms with van der Waals surface area (Å²) in [6.45, 7) is 3.37. The quantitative estimate of drug-likeness (QED) is 0.907. The van der Waals surface area contributed by atoms with Gasteiger partial charge in [-0.3, -0.25) is 9.59 Å². The van der Waals surface area contributed by atoms with Crippen molar-refractivity contribution in [1.82, 2.24) is 9.80 Å². The molecule has 6 heteroatoms. The van der Waals surface area contributed by atoms with Gasteiger partial charge in [0.15, 0.2) is 0 Å². The predicted molar refractivity (Wildman–Crippen MR) is 81.2 cm³/mol. The zero-order chi connectivity index (χ0) is 14.9. The fourth-order valence-corrected chi connectivity index (χ4v) is 3.55. The minimum atomic E-state index is -0.100. The van der Waals surface area contributed by atoms with Gasteiger partial charge in [-0.15, -0.1) is 11.3 Å². The molecular weight excluding hydrogens is 274 g/mol. The number of thiophene rings is 1. The lowest BCUT2D eigenvalue weighted by Crippen LogP contribution is -2.36. The fourth-order valence-electron chi connectivity index (χ4n) is 2.46. The van der Waals surface area contributed by atoms with E-state index < -0.39 is 0 Å². The van der Waals surface area contributed by atoms with E-state index >= 15 is 0 Å². The van der Waals surface area contributed by atoms with E-state index in [-0.39, 0.29) is 11.8 Å². The summed E-state index contributed by atoms with van der Waals surface area (Å²) in [5.41, 5.74) is 7.21. The number of carbonyl (C=O) groups is 2. The maximum atomic E-state index is 12.6. The van der Waals surface area contributed by atoms with Crippen LogP contribution >= 0.6 is 11.3 Å². The Morgan fingerprint density at radius 3 is 2.35 bits per heavy atom. The van der Waals surface area contributed by atoms with Crippen LogP contribution in [0.25, 0.3) is 0 Å². The van der Waals surface area contributed by atoms with Crippen LogP contribution < -0.4 is 5.73 Å². The molecule has 0 spiro atoms. The zero-order valence-corrected chi connectivity index (χ0v) is 13.0. The minimum Gasteiger partial charge on any atom is -0.390 e. The van der Waals surface area contributed by atoms with E-state index in [0.717, 1.165) is 25.9 Å². The van der Waals surface area contributed by atoms with Crippen molar-refractivity contribution >= 4 is 28.2 Å². The molecule has 0 aromatic carbocycles. The van der Waals surface area contributed by atoms with E-state index in [4.69, 9.17) is 5.73 Å². The van der Waals surface area contributed by atoms with E-state index in [1.165, 1.54) is 22.7 Å². The highest BCUT2D eigenvalue weighted by Gasteiger charge is 2.27. The number of hydrogen-bond donors (Lipinski definition) is 1. The molecule has 1 aromatic rings. The maximum absolute atomic E-state index is 12.6. The third kappa shape index (κ3) is 2.65. The van der Waals surface area contributed by atoms with Crippen molar-refractivity contribution < 1.29 is 9.59 Å². The molecule has 0 aliphatic carbocycles. The van der Waals surface area contributed by atoms with Crippen LogP contribution in [0, 0.1) is 6.92 Å². The highest BCUT2D eigenvalue weighted by atomic mass is 32.1. The Morgan fingerprint density at radius 1 is 1.20 bits per heavy atom. The molecule has 20 heavy (non-hydrogen) atoms. The summed E-state index contributed by atoms with van der Waals surface area (Å²) in [6.07, 6.45) is 3.25. The molecule has 1 saturated heterocycles. The van der Waals surface area contributed by atoms with Crippen molar-refractivity contribution in [2.45, 2.75) is 26.2 Å². The average Bonchev–Trinajstić information content (AvgIpc) is 2.73. The standard InChI is InChI=1S/C14H21N3O2S/c1-9-10(13(18)17-7-5-4-6-8-17)12(15)20-11(9)14(19)16(2)3/h4-8,15H2,1-3H3. The largest absolute Gasteiger partial charge is 0.390 e. The Morgan fingerprint density at radius 2 is 1.80 bits per heavy atom. The Hall–Kier alpha value is -1.56. The molecule has 2 rings (SSSR count). The van der Waals surface area contributed by atoms with Crippen LogP contribution in [0.1, 0.15) is 44.9 Å². The van der Waals surface area contributed by atoms with E-state index in [2.05, 4.69) is 0 Å². The lowest BCUT2D eigenvalue weighted by Gasteiger charge is -2.27. The van der Waals surface area contributed by atoms with E-state index in [0.29, 0.717) is 21.0 Å². The van der Waals surface area contributed by atoms with Gasteiger partial charge >= 0.3 is 0 Å². The summed E-state index contributed by atoms with van der Waals surface area (Å²) in [6, 6.07) is 0. The van der Waals surface area contributed by atoms with Crippen LogP contribution in [-0.4, -0.2) is 48.8 Å². The van der Waals surface area contributed by atoms with Crippen molar-refractivity contribution in [3.63, 3.8) is 0 Å². The highest BCUT2D eigenvalue weighted by molar-refractivity contribution is 7.18. The van der Waals surface area contributed by atoms with Crippen LogP contribution in [0.2, 0.25) is 0 Å². The number of nitrogens with zero attached hydrogens (tertiary/aromatic N) is 2. The Bertz CT molecular complexity index is 531. The van der Waals surface area contributed by atoms with E-state index in [1.807, 2.05) is 4.90 Å². The minimum absolute atomic E-state index is 0.0336. The molecule has 1 fully saturated rings. The van der Waals surface area contributed by atoms with Crippen molar-refractivity contribution in [2.24, 2.45) is 0 Å². The summed E-state index contributed by atoms with van der Waals surface area (Å²) >= 11 is 1.21. The number of anilines is 1. The van der Waals surface area contributed by atoms with Crippen LogP contribution in [0.4, 0.5) is 5.00 Å². The first-order chi connectivity index (χ1) is 9.43. The monoisotopic (exact) mass is 295 g/mol. The summed E-state index contributed by atoms with van der Waals surface area (Å²) in [4.78, 5) is 28.6. The van der Waals surface area contributed by atoms with E-state index in [9.17, 15) is 9.59 Å². The molecule has 2 amide bonds.